The third kappa shape index (κ3) is 4.69. The number of H-pyrrole nitrogens is 1. The summed E-state index contributed by atoms with van der Waals surface area (Å²) in [6, 6.07) is 10.5. The molecule has 0 radical (unpaired) electrons. The Bertz CT molecular complexity index is 1100. The summed E-state index contributed by atoms with van der Waals surface area (Å²) in [4.78, 5) is 25.0. The Morgan fingerprint density at radius 2 is 1.90 bits per heavy atom. The number of alkyl halides is 3. The molecule has 0 saturated heterocycles. The maximum absolute atomic E-state index is 12.6. The fraction of sp³-hybridized carbons (Fsp3) is 0.111. The summed E-state index contributed by atoms with van der Waals surface area (Å²) in [5, 5.41) is 21.7. The smallest absolute Gasteiger partial charge is 0.416 e. The SMILES string of the molecule is O=C(NCc1ccc(C(F)(F)F)cc1)c1n[nH]n(/N=C/c2ccccc2O)c1=O. The molecule has 1 amide bonds. The normalized spacial score (nSPS) is 11.7. The van der Waals surface area contributed by atoms with Crippen molar-refractivity contribution in [2.45, 2.75) is 12.7 Å². The summed E-state index contributed by atoms with van der Waals surface area (Å²) in [6.07, 6.45) is -3.24. The first-order valence-corrected chi connectivity index (χ1v) is 8.20. The van der Waals surface area contributed by atoms with Crippen LogP contribution < -0.4 is 10.9 Å². The highest BCUT2D eigenvalue weighted by Gasteiger charge is 2.29. The van der Waals surface area contributed by atoms with E-state index < -0.39 is 28.9 Å². The largest absolute Gasteiger partial charge is 0.507 e. The van der Waals surface area contributed by atoms with Crippen molar-refractivity contribution in [1.29, 1.82) is 0 Å². The van der Waals surface area contributed by atoms with Crippen molar-refractivity contribution in [3.63, 3.8) is 0 Å². The molecule has 0 spiro atoms. The monoisotopic (exact) mass is 405 g/mol. The number of amides is 1. The first-order valence-electron chi connectivity index (χ1n) is 8.20. The number of hydrogen-bond acceptors (Lipinski definition) is 5. The molecular weight excluding hydrogens is 391 g/mol. The highest BCUT2D eigenvalue weighted by atomic mass is 19.4. The number of nitrogens with one attached hydrogen (secondary N) is 2. The fourth-order valence-corrected chi connectivity index (χ4v) is 2.31. The topological polar surface area (TPSA) is 112 Å². The van der Waals surface area contributed by atoms with Crippen LogP contribution in [0.2, 0.25) is 0 Å². The number of aromatic amines is 1. The van der Waals surface area contributed by atoms with Crippen LogP contribution >= 0.6 is 0 Å². The van der Waals surface area contributed by atoms with E-state index >= 15 is 0 Å². The number of carbonyl (C=O) groups excluding carboxylic acids is 1. The molecular formula is C18H14F3N5O3. The third-order valence-electron chi connectivity index (χ3n) is 3.85. The number of nitrogens with zero attached hydrogens (tertiary/aromatic N) is 3. The van der Waals surface area contributed by atoms with Gasteiger partial charge in [-0.3, -0.25) is 9.59 Å². The summed E-state index contributed by atoms with van der Waals surface area (Å²) < 4.78 is 37.7. The average Bonchev–Trinajstić information content (AvgIpc) is 3.06. The van der Waals surface area contributed by atoms with Crippen LogP contribution in [0.3, 0.4) is 0 Å². The minimum atomic E-state index is -4.45. The van der Waals surface area contributed by atoms with Crippen molar-refractivity contribution < 1.29 is 23.1 Å². The maximum atomic E-state index is 12.6. The second-order valence-electron chi connectivity index (χ2n) is 5.86. The van der Waals surface area contributed by atoms with Crippen molar-refractivity contribution >= 4 is 12.1 Å². The first-order chi connectivity index (χ1) is 13.8. The lowest BCUT2D eigenvalue weighted by molar-refractivity contribution is -0.137. The maximum Gasteiger partial charge on any atom is 0.416 e. The predicted molar refractivity (Wildman–Crippen MR) is 96.6 cm³/mol. The van der Waals surface area contributed by atoms with Crippen LogP contribution in [0, 0.1) is 0 Å². The molecule has 0 aliphatic rings. The number of rotatable bonds is 5. The van der Waals surface area contributed by atoms with Crippen molar-refractivity contribution in [3.05, 3.63) is 81.3 Å². The van der Waals surface area contributed by atoms with Crippen LogP contribution in [0.1, 0.15) is 27.2 Å². The van der Waals surface area contributed by atoms with E-state index in [9.17, 15) is 27.9 Å². The standard InChI is InChI=1S/C18H14F3N5O3/c19-18(20,21)13-7-5-11(6-8-13)9-22-16(28)15-17(29)26(25-24-15)23-10-12-3-1-2-4-14(12)27/h1-8,10,25,27H,9H2,(H,22,28)/b23-10+. The summed E-state index contributed by atoms with van der Waals surface area (Å²) in [5.74, 6) is -0.860. The number of phenols is 1. The Morgan fingerprint density at radius 3 is 2.55 bits per heavy atom. The minimum absolute atomic E-state index is 0.0432. The Balaban J connectivity index is 1.66. The number of para-hydroxylation sites is 1. The van der Waals surface area contributed by atoms with Crippen molar-refractivity contribution in [1.82, 2.24) is 20.4 Å². The zero-order valence-electron chi connectivity index (χ0n) is 14.6. The Morgan fingerprint density at radius 1 is 1.21 bits per heavy atom. The summed E-state index contributed by atoms with van der Waals surface area (Å²) >= 11 is 0. The van der Waals surface area contributed by atoms with Gasteiger partial charge in [0.05, 0.1) is 11.8 Å². The van der Waals surface area contributed by atoms with Crippen molar-refractivity contribution in [2.75, 3.05) is 0 Å². The number of phenolic OH excluding ortho intramolecular Hbond substituents is 1. The van der Waals surface area contributed by atoms with Crippen molar-refractivity contribution in [2.24, 2.45) is 5.10 Å². The highest BCUT2D eigenvalue weighted by Crippen LogP contribution is 2.29. The number of benzene rings is 2. The van der Waals surface area contributed by atoms with E-state index in [-0.39, 0.29) is 12.3 Å². The number of halogens is 3. The molecule has 2 aromatic carbocycles. The second-order valence-corrected chi connectivity index (χ2v) is 5.86. The molecule has 0 unspecified atom stereocenters. The molecule has 0 aliphatic heterocycles. The van der Waals surface area contributed by atoms with Gasteiger partial charge in [-0.2, -0.15) is 23.5 Å². The molecule has 0 saturated carbocycles. The van der Waals surface area contributed by atoms with E-state index in [1.807, 2.05) is 0 Å². The quantitative estimate of drug-likeness (QED) is 0.565. The van der Waals surface area contributed by atoms with Gasteiger partial charge < -0.3 is 10.4 Å². The summed E-state index contributed by atoms with van der Waals surface area (Å²) in [6.45, 7) is -0.0928. The van der Waals surface area contributed by atoms with Crippen LogP contribution in [0.4, 0.5) is 13.2 Å². The van der Waals surface area contributed by atoms with E-state index in [1.54, 1.807) is 18.2 Å². The first kappa shape index (κ1) is 19.9. The van der Waals surface area contributed by atoms with Crippen LogP contribution in [-0.4, -0.2) is 32.3 Å². The summed E-state index contributed by atoms with van der Waals surface area (Å²) in [5.41, 5.74) is -1.33. The van der Waals surface area contributed by atoms with Gasteiger partial charge in [-0.1, -0.05) is 24.3 Å². The van der Waals surface area contributed by atoms with Gasteiger partial charge in [0.25, 0.3) is 5.91 Å². The van der Waals surface area contributed by atoms with E-state index in [0.717, 1.165) is 12.1 Å². The van der Waals surface area contributed by atoms with E-state index in [1.165, 1.54) is 24.4 Å². The van der Waals surface area contributed by atoms with E-state index in [2.05, 4.69) is 20.7 Å². The Labute approximate surface area is 161 Å². The van der Waals surface area contributed by atoms with Crippen LogP contribution in [0.5, 0.6) is 5.75 Å². The number of aromatic hydroxyl groups is 1. The van der Waals surface area contributed by atoms with E-state index in [0.29, 0.717) is 15.9 Å². The molecule has 29 heavy (non-hydrogen) atoms. The Hall–Kier alpha value is -3.89. The molecule has 3 aromatic rings. The molecule has 0 bridgehead atoms. The molecule has 11 heteroatoms. The minimum Gasteiger partial charge on any atom is -0.507 e. The molecule has 1 heterocycles. The van der Waals surface area contributed by atoms with Crippen molar-refractivity contribution in [3.8, 4) is 5.75 Å². The van der Waals surface area contributed by atoms with Gasteiger partial charge in [-0.25, -0.2) is 0 Å². The van der Waals surface area contributed by atoms with Crippen LogP contribution in [0.25, 0.3) is 0 Å². The molecule has 150 valence electrons. The van der Waals surface area contributed by atoms with Gasteiger partial charge in [0.15, 0.2) is 0 Å². The lowest BCUT2D eigenvalue weighted by Crippen LogP contribution is -2.29. The number of carbonyl (C=O) groups is 1. The molecule has 0 fully saturated rings. The van der Waals surface area contributed by atoms with Crippen LogP contribution in [0.15, 0.2) is 58.4 Å². The highest BCUT2D eigenvalue weighted by molar-refractivity contribution is 5.91. The second kappa shape index (κ2) is 8.00. The van der Waals surface area contributed by atoms with Gasteiger partial charge in [0.1, 0.15) is 5.75 Å². The molecule has 3 N–H and O–H groups in total. The fourth-order valence-electron chi connectivity index (χ4n) is 2.31. The van der Waals surface area contributed by atoms with Gasteiger partial charge in [0.2, 0.25) is 5.69 Å². The van der Waals surface area contributed by atoms with Gasteiger partial charge in [-0.05, 0) is 29.8 Å². The van der Waals surface area contributed by atoms with E-state index in [4.69, 9.17) is 0 Å². The Kier molecular flexibility index (Phi) is 5.48. The number of aromatic nitrogens is 3. The zero-order valence-corrected chi connectivity index (χ0v) is 14.6. The third-order valence-corrected chi connectivity index (χ3v) is 3.85. The molecule has 0 atom stereocenters. The summed E-state index contributed by atoms with van der Waals surface area (Å²) in [7, 11) is 0. The van der Waals surface area contributed by atoms with Gasteiger partial charge >= 0.3 is 11.7 Å². The molecule has 1 aromatic heterocycles. The average molecular weight is 405 g/mol. The molecule has 3 rings (SSSR count). The van der Waals surface area contributed by atoms with Gasteiger partial charge in [-0.15, -0.1) is 9.89 Å². The van der Waals surface area contributed by atoms with Crippen LogP contribution in [-0.2, 0) is 12.7 Å². The van der Waals surface area contributed by atoms with Gasteiger partial charge in [0, 0.05) is 12.1 Å². The number of hydrogen-bond donors (Lipinski definition) is 3. The lowest BCUT2D eigenvalue weighted by atomic mass is 10.1. The molecule has 0 aliphatic carbocycles. The molecule has 8 nitrogen and oxygen atoms in total. The lowest BCUT2D eigenvalue weighted by Gasteiger charge is -2.08. The predicted octanol–water partition coefficient (Wildman–Crippen LogP) is 2.11. The zero-order chi connectivity index (χ0) is 21.0.